The Morgan fingerprint density at radius 3 is 2.13 bits per heavy atom. The number of carboxylic acids is 2. The molecule has 0 unspecified atom stereocenters. The van der Waals surface area contributed by atoms with Crippen LogP contribution >= 0.6 is 0 Å². The Kier molecular flexibility index (Phi) is 12.4. The van der Waals surface area contributed by atoms with Crippen LogP contribution in [-0.2, 0) is 35.6 Å². The highest BCUT2D eigenvalue weighted by molar-refractivity contribution is 5.73. The number of benzene rings is 1. The molecule has 15 heteroatoms. The van der Waals surface area contributed by atoms with Crippen LogP contribution in [0.25, 0.3) is 0 Å². The Balaban J connectivity index is 0.000000449. The minimum atomic E-state index is -5.08. The molecule has 3 rings (SSSR count). The fourth-order valence-corrected chi connectivity index (χ4v) is 3.26. The molecule has 39 heavy (non-hydrogen) atoms. The maximum atomic E-state index is 10.6. The normalized spacial score (nSPS) is 13.8. The zero-order valence-corrected chi connectivity index (χ0v) is 21.4. The Bertz CT molecular complexity index is 1120. The summed E-state index contributed by atoms with van der Waals surface area (Å²) in [5, 5.41) is 23.3. The van der Waals surface area contributed by atoms with Crippen molar-refractivity contribution in [2.75, 3.05) is 20.1 Å². The van der Waals surface area contributed by atoms with E-state index in [2.05, 4.69) is 52.4 Å². The van der Waals surface area contributed by atoms with E-state index in [4.69, 9.17) is 25.1 Å². The summed E-state index contributed by atoms with van der Waals surface area (Å²) in [6, 6.07) is 10.7. The van der Waals surface area contributed by atoms with Crippen LogP contribution in [-0.4, -0.2) is 80.0 Å². The lowest BCUT2D eigenvalue weighted by molar-refractivity contribution is -0.193. The van der Waals surface area contributed by atoms with Crippen LogP contribution in [0.4, 0.5) is 26.3 Å². The van der Waals surface area contributed by atoms with Gasteiger partial charge < -0.3 is 14.8 Å². The first-order chi connectivity index (χ1) is 17.9. The van der Waals surface area contributed by atoms with Gasteiger partial charge in [-0.05, 0) is 38.6 Å². The van der Waals surface area contributed by atoms with Gasteiger partial charge in [-0.2, -0.15) is 31.6 Å². The average molecular weight is 566 g/mol. The second-order valence-electron chi connectivity index (χ2n) is 8.77. The summed E-state index contributed by atoms with van der Waals surface area (Å²) in [4.78, 5) is 27.3. The van der Waals surface area contributed by atoms with E-state index in [1.165, 1.54) is 17.1 Å². The number of carboxylic acid groups (broad SMARTS) is 2. The van der Waals surface area contributed by atoms with Crippen molar-refractivity contribution in [2.24, 2.45) is 0 Å². The second-order valence-corrected chi connectivity index (χ2v) is 8.77. The molecule has 0 bridgehead atoms. The van der Waals surface area contributed by atoms with Crippen molar-refractivity contribution >= 4 is 11.9 Å². The molecule has 2 N–H and O–H groups in total. The molecule has 2 aromatic rings. The molecular formula is C24H29F6N5O4. The fourth-order valence-electron chi connectivity index (χ4n) is 3.26. The van der Waals surface area contributed by atoms with Gasteiger partial charge in [-0.3, -0.25) is 9.80 Å². The maximum Gasteiger partial charge on any atom is 0.490 e. The van der Waals surface area contributed by atoms with Crippen molar-refractivity contribution in [1.82, 2.24) is 19.4 Å². The molecule has 1 aliphatic heterocycles. The van der Waals surface area contributed by atoms with E-state index in [0.29, 0.717) is 6.04 Å². The monoisotopic (exact) mass is 565 g/mol. The molecule has 0 fully saturated rings. The van der Waals surface area contributed by atoms with Gasteiger partial charge in [-0.1, -0.05) is 12.1 Å². The molecule has 0 saturated carbocycles. The van der Waals surface area contributed by atoms with Gasteiger partial charge in [-0.25, -0.2) is 14.6 Å². The van der Waals surface area contributed by atoms with E-state index in [0.717, 1.165) is 44.7 Å². The Labute approximate surface area is 220 Å². The van der Waals surface area contributed by atoms with Crippen molar-refractivity contribution in [3.05, 3.63) is 53.1 Å². The number of hydrogen-bond acceptors (Lipinski definition) is 6. The molecule has 9 nitrogen and oxygen atoms in total. The Hall–Kier alpha value is -3.64. The molecule has 2 heterocycles. The van der Waals surface area contributed by atoms with Crippen molar-refractivity contribution < 1.29 is 46.1 Å². The van der Waals surface area contributed by atoms with Crippen molar-refractivity contribution in [2.45, 2.75) is 58.3 Å². The molecule has 1 aliphatic rings. The Morgan fingerprint density at radius 1 is 1.08 bits per heavy atom. The number of rotatable bonds is 5. The highest BCUT2D eigenvalue weighted by Gasteiger charge is 2.38. The van der Waals surface area contributed by atoms with E-state index < -0.39 is 24.3 Å². The number of aromatic nitrogens is 2. The number of hydrogen-bond donors (Lipinski definition) is 2. The number of alkyl halides is 6. The fraction of sp³-hybridized carbons (Fsp3) is 0.500. The maximum absolute atomic E-state index is 10.6. The average Bonchev–Trinajstić information content (AvgIpc) is 3.09. The molecule has 216 valence electrons. The summed E-state index contributed by atoms with van der Waals surface area (Å²) in [6.45, 7) is 9.27. The second kappa shape index (κ2) is 14.5. The lowest BCUT2D eigenvalue weighted by atomic mass is 10.1. The standard InChI is InChI=1S/C20H27N5.2C2HF3O2/c1-16(2)23(3)15-19-13-22-20-7-8-24(9-10-25(19)20)14-18-6-4-5-17(11-18)12-21;2*3-2(4,5)1(6)7/h4-6,11,13,16H,7-10,14-15H2,1-3H3;2*(H,6,7). The van der Waals surface area contributed by atoms with Crippen LogP contribution in [0.1, 0.15) is 36.5 Å². The van der Waals surface area contributed by atoms with E-state index >= 15 is 0 Å². The largest absolute Gasteiger partial charge is 0.490 e. The van der Waals surface area contributed by atoms with Crippen LogP contribution in [0.5, 0.6) is 0 Å². The van der Waals surface area contributed by atoms with Crippen LogP contribution < -0.4 is 0 Å². The molecule has 0 atom stereocenters. The molecular weight excluding hydrogens is 536 g/mol. The molecule has 1 aromatic carbocycles. The third-order valence-corrected chi connectivity index (χ3v) is 5.55. The predicted molar refractivity (Wildman–Crippen MR) is 126 cm³/mol. The number of fused-ring (bicyclic) bond motifs is 1. The number of nitriles is 1. The quantitative estimate of drug-likeness (QED) is 0.524. The molecule has 0 radical (unpaired) electrons. The zero-order valence-electron chi connectivity index (χ0n) is 21.4. The number of imidazole rings is 1. The SMILES string of the molecule is CC(C)N(C)Cc1cnc2n1CCN(Cc1cccc(C#N)c1)CC2.O=C(O)C(F)(F)F.O=C(O)C(F)(F)F. The van der Waals surface area contributed by atoms with Gasteiger partial charge in [0.1, 0.15) is 5.82 Å². The number of halogens is 6. The highest BCUT2D eigenvalue weighted by atomic mass is 19.4. The van der Waals surface area contributed by atoms with Gasteiger partial charge in [0.2, 0.25) is 0 Å². The number of aliphatic carboxylic acids is 2. The third kappa shape index (κ3) is 11.7. The summed E-state index contributed by atoms with van der Waals surface area (Å²) in [7, 11) is 2.16. The summed E-state index contributed by atoms with van der Waals surface area (Å²) in [5.74, 6) is -4.32. The smallest absolute Gasteiger partial charge is 0.475 e. The number of carbonyl (C=O) groups is 2. The van der Waals surface area contributed by atoms with Gasteiger partial charge in [0.15, 0.2) is 0 Å². The Morgan fingerprint density at radius 2 is 1.64 bits per heavy atom. The predicted octanol–water partition coefficient (Wildman–Crippen LogP) is 3.92. The summed E-state index contributed by atoms with van der Waals surface area (Å²) in [5.41, 5.74) is 3.25. The first-order valence-electron chi connectivity index (χ1n) is 11.5. The molecule has 0 aliphatic carbocycles. The summed E-state index contributed by atoms with van der Waals surface area (Å²) >= 11 is 0. The molecule has 0 spiro atoms. The lowest BCUT2D eigenvalue weighted by Crippen LogP contribution is -2.28. The summed E-state index contributed by atoms with van der Waals surface area (Å²) in [6.07, 6.45) is -7.15. The van der Waals surface area contributed by atoms with Crippen molar-refractivity contribution in [1.29, 1.82) is 5.26 Å². The summed E-state index contributed by atoms with van der Waals surface area (Å²) < 4.78 is 65.9. The first-order valence-corrected chi connectivity index (χ1v) is 11.5. The topological polar surface area (TPSA) is 123 Å². The van der Waals surface area contributed by atoms with Crippen molar-refractivity contribution in [3.8, 4) is 6.07 Å². The zero-order chi connectivity index (χ0) is 30.0. The van der Waals surface area contributed by atoms with Gasteiger partial charge in [0.05, 0.1) is 17.3 Å². The highest BCUT2D eigenvalue weighted by Crippen LogP contribution is 2.17. The van der Waals surface area contributed by atoms with Crippen molar-refractivity contribution in [3.63, 3.8) is 0 Å². The van der Waals surface area contributed by atoms with Gasteiger partial charge >= 0.3 is 24.3 Å². The van der Waals surface area contributed by atoms with E-state index in [1.807, 2.05) is 24.4 Å². The van der Waals surface area contributed by atoms with Gasteiger partial charge in [0.25, 0.3) is 0 Å². The minimum absolute atomic E-state index is 0.529. The van der Waals surface area contributed by atoms with E-state index in [1.54, 1.807) is 0 Å². The van der Waals surface area contributed by atoms with Gasteiger partial charge in [-0.15, -0.1) is 0 Å². The van der Waals surface area contributed by atoms with Crippen LogP contribution in [0.2, 0.25) is 0 Å². The van der Waals surface area contributed by atoms with Crippen LogP contribution in [0.3, 0.4) is 0 Å². The first kappa shape index (κ1) is 33.4. The van der Waals surface area contributed by atoms with E-state index in [9.17, 15) is 26.3 Å². The van der Waals surface area contributed by atoms with E-state index in [-0.39, 0.29) is 0 Å². The lowest BCUT2D eigenvalue weighted by Gasteiger charge is -2.22. The molecule has 1 aromatic heterocycles. The van der Waals surface area contributed by atoms with Crippen LogP contribution in [0, 0.1) is 11.3 Å². The van der Waals surface area contributed by atoms with Crippen LogP contribution in [0.15, 0.2) is 30.5 Å². The molecule has 0 amide bonds. The third-order valence-electron chi connectivity index (χ3n) is 5.55. The number of nitrogens with zero attached hydrogens (tertiary/aromatic N) is 5. The molecule has 0 saturated heterocycles. The van der Waals surface area contributed by atoms with Gasteiger partial charge in [0, 0.05) is 51.4 Å². The minimum Gasteiger partial charge on any atom is -0.475 e.